The van der Waals surface area contributed by atoms with E-state index in [9.17, 15) is 22.7 Å². The average Bonchev–Trinajstić information content (AvgIpc) is 2.79. The van der Waals surface area contributed by atoms with Crippen molar-refractivity contribution in [2.24, 2.45) is 0 Å². The lowest BCUT2D eigenvalue weighted by Gasteiger charge is -2.41. The third-order valence-corrected chi connectivity index (χ3v) is 8.04. The van der Waals surface area contributed by atoms with Gasteiger partial charge in [-0.15, -0.1) is 0 Å². The highest BCUT2D eigenvalue weighted by Crippen LogP contribution is 2.46. The molecule has 3 aromatic rings. The molecule has 1 heterocycles. The average molecular weight is 486 g/mol. The Bertz CT molecular complexity index is 1320. The molecule has 1 N–H and O–H groups in total. The van der Waals surface area contributed by atoms with Crippen molar-refractivity contribution in [3.63, 3.8) is 0 Å². The van der Waals surface area contributed by atoms with Gasteiger partial charge in [0.25, 0.3) is 0 Å². The van der Waals surface area contributed by atoms with Crippen LogP contribution in [-0.2, 0) is 14.8 Å². The number of aryl methyl sites for hydroxylation is 1. The van der Waals surface area contributed by atoms with E-state index in [4.69, 9.17) is 11.6 Å². The highest BCUT2D eigenvalue weighted by Gasteiger charge is 2.44. The molecule has 0 saturated heterocycles. The summed E-state index contributed by atoms with van der Waals surface area (Å²) >= 11 is 6.04. The van der Waals surface area contributed by atoms with Crippen molar-refractivity contribution in [3.8, 4) is 0 Å². The van der Waals surface area contributed by atoms with Crippen LogP contribution in [0.25, 0.3) is 0 Å². The number of carboxylic acid groups (broad SMARTS) is 1. The second-order valence-electron chi connectivity index (χ2n) is 7.82. The molecule has 33 heavy (non-hydrogen) atoms. The van der Waals surface area contributed by atoms with Crippen LogP contribution in [0.15, 0.2) is 89.3 Å². The molecule has 0 fully saturated rings. The zero-order valence-electron chi connectivity index (χ0n) is 17.7. The van der Waals surface area contributed by atoms with E-state index < -0.39 is 33.9 Å². The first-order valence-electron chi connectivity index (χ1n) is 10.2. The van der Waals surface area contributed by atoms with Crippen molar-refractivity contribution in [1.29, 1.82) is 0 Å². The van der Waals surface area contributed by atoms with Crippen LogP contribution in [0.1, 0.15) is 35.2 Å². The minimum atomic E-state index is -4.17. The summed E-state index contributed by atoms with van der Waals surface area (Å²) in [5.74, 6) is -1.73. The van der Waals surface area contributed by atoms with Crippen LogP contribution in [0.2, 0.25) is 5.02 Å². The van der Waals surface area contributed by atoms with Crippen molar-refractivity contribution in [2.75, 3.05) is 0 Å². The molecule has 0 bridgehead atoms. The highest BCUT2D eigenvalue weighted by atomic mass is 35.5. The van der Waals surface area contributed by atoms with Gasteiger partial charge in [0, 0.05) is 5.02 Å². The molecular formula is C25H21ClFNO4S. The second-order valence-corrected chi connectivity index (χ2v) is 10.1. The lowest BCUT2D eigenvalue weighted by molar-refractivity contribution is -0.133. The molecule has 4 rings (SSSR count). The first-order chi connectivity index (χ1) is 15.7. The monoisotopic (exact) mass is 485 g/mol. The van der Waals surface area contributed by atoms with E-state index in [2.05, 4.69) is 0 Å². The van der Waals surface area contributed by atoms with Gasteiger partial charge in [-0.1, -0.05) is 60.1 Å². The Morgan fingerprint density at radius 3 is 2.21 bits per heavy atom. The van der Waals surface area contributed by atoms with Gasteiger partial charge in [0.05, 0.1) is 22.6 Å². The Balaban J connectivity index is 1.98. The summed E-state index contributed by atoms with van der Waals surface area (Å²) in [6.07, 6.45) is 1.70. The standard InChI is InChI=1S/C25H21ClFNO4S/c1-16-4-2-3-5-23(16)33(31,32)28-22(17-6-10-19(26)11-7-17)15-14-21(25(29)30)24(28)18-8-12-20(27)13-9-18/h2-14,22,24H,15H2,1H3,(H,29,30)/t22?,24-/m0/s1. The van der Waals surface area contributed by atoms with Gasteiger partial charge in [-0.3, -0.25) is 0 Å². The van der Waals surface area contributed by atoms with Crippen LogP contribution in [0.5, 0.6) is 0 Å². The smallest absolute Gasteiger partial charge is 0.333 e. The Morgan fingerprint density at radius 2 is 1.61 bits per heavy atom. The van der Waals surface area contributed by atoms with Crippen LogP contribution in [0.3, 0.4) is 0 Å². The SMILES string of the molecule is Cc1ccccc1S(=O)(=O)N1C(c2ccc(Cl)cc2)CC=C(C(=O)O)[C@@H]1c1ccc(F)cc1. The molecule has 0 amide bonds. The molecular weight excluding hydrogens is 465 g/mol. The first-order valence-corrected chi connectivity index (χ1v) is 12.1. The van der Waals surface area contributed by atoms with Gasteiger partial charge in [-0.2, -0.15) is 4.31 Å². The van der Waals surface area contributed by atoms with Gasteiger partial charge >= 0.3 is 5.97 Å². The number of hydrogen-bond donors (Lipinski definition) is 1. The number of sulfonamides is 1. The number of carboxylic acids is 1. The van der Waals surface area contributed by atoms with E-state index in [-0.39, 0.29) is 16.9 Å². The summed E-state index contributed by atoms with van der Waals surface area (Å²) in [5, 5.41) is 10.4. The lowest BCUT2D eigenvalue weighted by Crippen LogP contribution is -2.42. The van der Waals surface area contributed by atoms with Crippen molar-refractivity contribution in [1.82, 2.24) is 4.31 Å². The molecule has 0 saturated carbocycles. The van der Waals surface area contributed by atoms with Crippen molar-refractivity contribution in [2.45, 2.75) is 30.3 Å². The molecule has 5 nitrogen and oxygen atoms in total. The number of rotatable bonds is 5. The van der Waals surface area contributed by atoms with Crippen LogP contribution in [0, 0.1) is 12.7 Å². The topological polar surface area (TPSA) is 74.7 Å². The Kier molecular flexibility index (Phi) is 6.38. The Morgan fingerprint density at radius 1 is 1.00 bits per heavy atom. The van der Waals surface area contributed by atoms with Crippen molar-refractivity contribution < 1.29 is 22.7 Å². The molecule has 2 atom stereocenters. The van der Waals surface area contributed by atoms with Crippen molar-refractivity contribution >= 4 is 27.6 Å². The van der Waals surface area contributed by atoms with Crippen LogP contribution >= 0.6 is 11.6 Å². The maximum absolute atomic E-state index is 14.1. The van der Waals surface area contributed by atoms with Gasteiger partial charge in [-0.05, 0) is 60.4 Å². The maximum Gasteiger partial charge on any atom is 0.333 e. The third kappa shape index (κ3) is 4.44. The fourth-order valence-corrected chi connectivity index (χ4v) is 6.31. The minimum Gasteiger partial charge on any atom is -0.478 e. The summed E-state index contributed by atoms with van der Waals surface area (Å²) in [4.78, 5) is 12.3. The van der Waals surface area contributed by atoms with E-state index in [0.717, 1.165) is 0 Å². The van der Waals surface area contributed by atoms with Gasteiger partial charge < -0.3 is 5.11 Å². The first kappa shape index (κ1) is 23.2. The van der Waals surface area contributed by atoms with Crippen LogP contribution in [-0.4, -0.2) is 23.8 Å². The number of carbonyl (C=O) groups is 1. The minimum absolute atomic E-state index is 0.0796. The van der Waals surface area contributed by atoms with E-state index in [0.29, 0.717) is 21.7 Å². The Labute approximate surface area is 196 Å². The maximum atomic E-state index is 14.1. The quantitative estimate of drug-likeness (QED) is 0.505. The summed E-state index contributed by atoms with van der Waals surface area (Å²) in [7, 11) is -4.17. The van der Waals surface area contributed by atoms with E-state index >= 15 is 0 Å². The molecule has 0 radical (unpaired) electrons. The number of benzene rings is 3. The lowest BCUT2D eigenvalue weighted by atomic mass is 9.89. The highest BCUT2D eigenvalue weighted by molar-refractivity contribution is 7.89. The molecule has 0 spiro atoms. The number of halogens is 2. The molecule has 8 heteroatoms. The molecule has 3 aromatic carbocycles. The predicted molar refractivity (Wildman–Crippen MR) is 124 cm³/mol. The zero-order chi connectivity index (χ0) is 23.8. The van der Waals surface area contributed by atoms with E-state index in [1.807, 2.05) is 0 Å². The summed E-state index contributed by atoms with van der Waals surface area (Å²) < 4.78 is 43.1. The molecule has 0 aliphatic carbocycles. The van der Waals surface area contributed by atoms with Crippen LogP contribution < -0.4 is 0 Å². The third-order valence-electron chi connectivity index (χ3n) is 5.75. The van der Waals surface area contributed by atoms with Gasteiger partial charge in [0.1, 0.15) is 5.82 Å². The van der Waals surface area contributed by atoms with Gasteiger partial charge in [-0.25, -0.2) is 17.6 Å². The molecule has 1 unspecified atom stereocenters. The summed E-state index contributed by atoms with van der Waals surface area (Å²) in [5.41, 5.74) is 1.49. The molecule has 1 aliphatic heterocycles. The number of nitrogens with zero attached hydrogens (tertiary/aromatic N) is 1. The van der Waals surface area contributed by atoms with E-state index in [1.54, 1.807) is 55.5 Å². The predicted octanol–water partition coefficient (Wildman–Crippen LogP) is 5.68. The zero-order valence-corrected chi connectivity index (χ0v) is 19.2. The largest absolute Gasteiger partial charge is 0.478 e. The van der Waals surface area contributed by atoms with Crippen LogP contribution in [0.4, 0.5) is 4.39 Å². The van der Waals surface area contributed by atoms with E-state index in [1.165, 1.54) is 34.6 Å². The number of hydrogen-bond acceptors (Lipinski definition) is 3. The summed E-state index contributed by atoms with van der Waals surface area (Å²) in [6.45, 7) is 1.69. The fourth-order valence-electron chi connectivity index (χ4n) is 4.18. The van der Waals surface area contributed by atoms with Crippen molar-refractivity contribution in [3.05, 3.63) is 112 Å². The van der Waals surface area contributed by atoms with Gasteiger partial charge in [0.2, 0.25) is 10.0 Å². The summed E-state index contributed by atoms with van der Waals surface area (Å²) in [6, 6.07) is 16.7. The molecule has 170 valence electrons. The van der Waals surface area contributed by atoms with Gasteiger partial charge in [0.15, 0.2) is 0 Å². The normalized spacial score (nSPS) is 19.2. The second kappa shape index (κ2) is 9.09. The number of aliphatic carboxylic acids is 1. The molecule has 0 aromatic heterocycles. The molecule has 1 aliphatic rings. The fraction of sp³-hybridized carbons (Fsp3) is 0.160. The Hall–Kier alpha value is -3.00.